The van der Waals surface area contributed by atoms with Gasteiger partial charge in [0.1, 0.15) is 17.1 Å². The van der Waals surface area contributed by atoms with E-state index in [-0.39, 0.29) is 23.9 Å². The number of rotatable bonds is 11. The molecule has 2 amide bonds. The molecule has 1 fully saturated rings. The zero-order valence-electron chi connectivity index (χ0n) is 19.9. The van der Waals surface area contributed by atoms with Crippen molar-refractivity contribution in [1.82, 2.24) is 10.2 Å². The second-order valence-electron chi connectivity index (χ2n) is 8.40. The lowest BCUT2D eigenvalue weighted by atomic mass is 10.0. The lowest BCUT2D eigenvalue weighted by molar-refractivity contribution is -0.700. The van der Waals surface area contributed by atoms with Crippen LogP contribution in [0.4, 0.5) is 4.39 Å². The Morgan fingerprint density at radius 1 is 1.18 bits per heavy atom. The van der Waals surface area contributed by atoms with Crippen molar-refractivity contribution in [2.45, 2.75) is 33.9 Å². The third kappa shape index (κ3) is 7.01. The number of carbonyl (C=O) groups excluding carboxylic acids is 2. The number of benzene rings is 1. The van der Waals surface area contributed by atoms with E-state index in [0.717, 1.165) is 4.90 Å². The van der Waals surface area contributed by atoms with Crippen molar-refractivity contribution in [3.05, 3.63) is 64.0 Å². The average Bonchev–Trinajstić information content (AvgIpc) is 2.91. The smallest absolute Gasteiger partial charge is 0.352 e. The second kappa shape index (κ2) is 12.8. The van der Waals surface area contributed by atoms with Crippen LogP contribution in [0.25, 0.3) is 0 Å². The number of amides is 2. The van der Waals surface area contributed by atoms with E-state index in [9.17, 15) is 28.7 Å². The fourth-order valence-electron chi connectivity index (χ4n) is 3.84. The van der Waals surface area contributed by atoms with Crippen molar-refractivity contribution in [2.75, 3.05) is 17.3 Å². The molecule has 0 spiro atoms. The molecule has 3 N–H and O–H groups in total. The summed E-state index contributed by atoms with van der Waals surface area (Å²) in [7, 11) is 0. The summed E-state index contributed by atoms with van der Waals surface area (Å²) in [6.45, 7) is -0.325. The number of pyridine rings is 1. The van der Waals surface area contributed by atoms with Gasteiger partial charge in [0.2, 0.25) is 5.91 Å². The predicted octanol–water partition coefficient (Wildman–Crippen LogP) is 3.33. The molecule has 0 bridgehead atoms. The normalized spacial score (nSPS) is 19.3. The minimum atomic E-state index is -2.02. The van der Waals surface area contributed by atoms with Crippen LogP contribution in [0, 0.1) is 0 Å². The van der Waals surface area contributed by atoms with E-state index >= 15 is 0 Å². The number of alkyl halides is 1. The van der Waals surface area contributed by atoms with E-state index in [0.29, 0.717) is 32.0 Å². The lowest BCUT2D eigenvalue weighted by Gasteiger charge is -2.49. The molecule has 0 aliphatic carbocycles. The summed E-state index contributed by atoms with van der Waals surface area (Å²) in [5.74, 6) is -2.99. The minimum Gasteiger partial charge on any atom is -0.479 e. The molecule has 1 unspecified atom stereocenters. The largest absolute Gasteiger partial charge is 0.479 e. The number of nitrogens with zero attached hydrogens (tertiary/aromatic N) is 2. The Labute approximate surface area is 245 Å². The molecule has 3 atom stereocenters. The number of thioether (sulfide) groups is 3. The van der Waals surface area contributed by atoms with Crippen LogP contribution in [0.2, 0.25) is 10.0 Å². The molecule has 0 saturated carbocycles. The maximum Gasteiger partial charge on any atom is 0.352 e. The first-order chi connectivity index (χ1) is 18.5. The van der Waals surface area contributed by atoms with Gasteiger partial charge in [0.15, 0.2) is 18.9 Å². The van der Waals surface area contributed by atoms with Gasteiger partial charge in [-0.15, -0.1) is 35.3 Å². The zero-order valence-corrected chi connectivity index (χ0v) is 23.8. The molecule has 1 aromatic heterocycles. The SMILES string of the molecule is O=C(CSc1cc(Cl)ccc1Cl)N[C@@H]1C(=O)N2C(C(=O)O)=C(CSc3cc[n+](CC(F)C(=O)O)cc3)CS[C@H]12. The highest BCUT2D eigenvalue weighted by molar-refractivity contribution is 8.01. The summed E-state index contributed by atoms with van der Waals surface area (Å²) in [6, 6.07) is 7.42. The van der Waals surface area contributed by atoms with Crippen molar-refractivity contribution in [3.8, 4) is 0 Å². The third-order valence-corrected chi connectivity index (χ3v) is 9.90. The average molecular weight is 634 g/mol. The van der Waals surface area contributed by atoms with Crippen molar-refractivity contribution in [2.24, 2.45) is 0 Å². The Hall–Kier alpha value is -2.45. The molecule has 9 nitrogen and oxygen atoms in total. The summed E-state index contributed by atoms with van der Waals surface area (Å²) in [4.78, 5) is 50.8. The fraction of sp³-hybridized carbons (Fsp3) is 0.292. The van der Waals surface area contributed by atoms with Gasteiger partial charge in [-0.1, -0.05) is 23.2 Å². The Morgan fingerprint density at radius 2 is 1.90 bits per heavy atom. The van der Waals surface area contributed by atoms with Crippen LogP contribution in [0.15, 0.2) is 63.8 Å². The summed E-state index contributed by atoms with van der Waals surface area (Å²) in [6.07, 6.45) is 1.06. The number of carboxylic acids is 2. The van der Waals surface area contributed by atoms with Gasteiger partial charge < -0.3 is 15.5 Å². The molecule has 1 aromatic carbocycles. The van der Waals surface area contributed by atoms with E-state index in [4.69, 9.17) is 28.3 Å². The highest BCUT2D eigenvalue weighted by atomic mass is 35.5. The highest BCUT2D eigenvalue weighted by Crippen LogP contribution is 2.41. The number of nitrogens with one attached hydrogen (secondary N) is 1. The molecule has 0 radical (unpaired) electrons. The van der Waals surface area contributed by atoms with Gasteiger partial charge in [-0.3, -0.25) is 14.5 Å². The molecule has 1 saturated heterocycles. The second-order valence-corrected chi connectivity index (χ2v) is 12.4. The van der Waals surface area contributed by atoms with Crippen LogP contribution in [-0.2, 0) is 25.7 Å². The van der Waals surface area contributed by atoms with Crippen LogP contribution >= 0.6 is 58.5 Å². The van der Waals surface area contributed by atoms with Crippen LogP contribution in [-0.4, -0.2) is 73.7 Å². The first kappa shape index (κ1) is 29.5. The number of β-lactam (4-membered cyclic amide) rings is 1. The summed E-state index contributed by atoms with van der Waals surface area (Å²) in [5, 5.41) is 21.7. The summed E-state index contributed by atoms with van der Waals surface area (Å²) < 4.78 is 14.8. The molecule has 3 heterocycles. The standard InChI is InChI=1S/C24H20Cl2FN3O6S3/c25-13-1-2-15(26)17(7-13)38-11-18(31)28-19-21(32)30-20(24(35)36)12(10-39-22(19)30)9-37-14-3-5-29(6-4-14)8-16(27)23(33)34/h1-7,16,19,22H,8-11H2,(H2-,28,31,33,34,35,36)/p+1/t16?,19-,22-/m1/s1. The Kier molecular flexibility index (Phi) is 9.70. The molecule has 2 aliphatic rings. The Morgan fingerprint density at radius 3 is 2.56 bits per heavy atom. The van der Waals surface area contributed by atoms with Gasteiger partial charge in [0, 0.05) is 38.5 Å². The van der Waals surface area contributed by atoms with Gasteiger partial charge in [0.25, 0.3) is 12.1 Å². The van der Waals surface area contributed by atoms with Gasteiger partial charge >= 0.3 is 11.9 Å². The molecule has 206 valence electrons. The third-order valence-electron chi connectivity index (χ3n) is 5.73. The first-order valence-electron chi connectivity index (χ1n) is 11.3. The molecule has 2 aromatic rings. The summed E-state index contributed by atoms with van der Waals surface area (Å²) >= 11 is 16.0. The van der Waals surface area contributed by atoms with E-state index < -0.39 is 35.4 Å². The highest BCUT2D eigenvalue weighted by Gasteiger charge is 2.54. The Balaban J connectivity index is 1.35. The van der Waals surface area contributed by atoms with Crippen molar-refractivity contribution >= 4 is 82.2 Å². The van der Waals surface area contributed by atoms with E-state index in [1.807, 2.05) is 0 Å². The van der Waals surface area contributed by atoms with Gasteiger partial charge in [-0.05, 0) is 23.8 Å². The predicted molar refractivity (Wildman–Crippen MR) is 147 cm³/mol. The van der Waals surface area contributed by atoms with Crippen molar-refractivity contribution in [1.29, 1.82) is 0 Å². The number of aliphatic carboxylic acids is 2. The monoisotopic (exact) mass is 632 g/mol. The fourth-order valence-corrected chi connectivity index (χ4v) is 7.51. The number of hydrogen-bond acceptors (Lipinski definition) is 7. The molecule has 15 heteroatoms. The van der Waals surface area contributed by atoms with Crippen molar-refractivity contribution in [3.63, 3.8) is 0 Å². The van der Waals surface area contributed by atoms with Crippen LogP contribution in [0.1, 0.15) is 0 Å². The van der Waals surface area contributed by atoms with Gasteiger partial charge in [0.05, 0.1) is 10.8 Å². The van der Waals surface area contributed by atoms with Crippen LogP contribution in [0.5, 0.6) is 0 Å². The number of aromatic nitrogens is 1. The van der Waals surface area contributed by atoms with Crippen molar-refractivity contribution < 1.29 is 38.3 Å². The molecule has 2 aliphatic heterocycles. The number of hydrogen-bond donors (Lipinski definition) is 3. The quantitative estimate of drug-likeness (QED) is 0.194. The minimum absolute atomic E-state index is 0.00408. The van der Waals surface area contributed by atoms with E-state index in [2.05, 4.69) is 5.32 Å². The number of carbonyl (C=O) groups is 4. The van der Waals surface area contributed by atoms with Gasteiger partial charge in [-0.2, -0.15) is 0 Å². The van der Waals surface area contributed by atoms with Gasteiger partial charge in [-0.25, -0.2) is 18.5 Å². The molecule has 39 heavy (non-hydrogen) atoms. The number of carboxylic acid groups (broad SMARTS) is 2. The maximum absolute atomic E-state index is 13.4. The number of fused-ring (bicyclic) bond motifs is 1. The first-order valence-corrected chi connectivity index (χ1v) is 15.1. The summed E-state index contributed by atoms with van der Waals surface area (Å²) in [5.41, 5.74) is 0.471. The number of halogens is 3. The van der Waals surface area contributed by atoms with Crippen LogP contribution in [0.3, 0.4) is 0 Å². The van der Waals surface area contributed by atoms with E-state index in [1.54, 1.807) is 42.7 Å². The molecular formula is C24H21Cl2FN3O6S3+. The Bertz CT molecular complexity index is 1350. The maximum atomic E-state index is 13.4. The van der Waals surface area contributed by atoms with Crippen LogP contribution < -0.4 is 9.88 Å². The molecule has 4 rings (SSSR count). The van der Waals surface area contributed by atoms with E-state index in [1.165, 1.54) is 44.8 Å². The zero-order chi connectivity index (χ0) is 28.3. The lowest BCUT2D eigenvalue weighted by Crippen LogP contribution is -2.70. The topological polar surface area (TPSA) is 128 Å². The molecular weight excluding hydrogens is 612 g/mol.